The molecule has 0 spiro atoms. The van der Waals surface area contributed by atoms with E-state index in [0.717, 1.165) is 19.4 Å². The van der Waals surface area contributed by atoms with Gasteiger partial charge in [0.05, 0.1) is 0 Å². The third-order valence-electron chi connectivity index (χ3n) is 5.32. The molecule has 1 aliphatic rings. The van der Waals surface area contributed by atoms with Crippen molar-refractivity contribution in [1.82, 2.24) is 4.90 Å². The molecule has 1 aliphatic heterocycles. The highest BCUT2D eigenvalue weighted by atomic mass is 35.5. The van der Waals surface area contributed by atoms with Crippen LogP contribution in [-0.4, -0.2) is 39.0 Å². The van der Waals surface area contributed by atoms with Crippen LogP contribution in [0.1, 0.15) is 45.4 Å². The Morgan fingerprint density at radius 1 is 0.968 bits per heavy atom. The average molecular weight is 465 g/mol. The van der Waals surface area contributed by atoms with Crippen LogP contribution in [0, 0.1) is 0 Å². The molecule has 1 saturated heterocycles. The fourth-order valence-electron chi connectivity index (χ4n) is 3.60. The van der Waals surface area contributed by atoms with Crippen LogP contribution in [0.4, 0.5) is 10.5 Å². The highest BCUT2D eigenvalue weighted by molar-refractivity contribution is 7.87. The highest BCUT2D eigenvalue weighted by Gasteiger charge is 2.29. The summed E-state index contributed by atoms with van der Waals surface area (Å²) in [6.45, 7) is 4.25. The standard InChI is InChI=1S/C23H29ClN2O4S/c1-2-3-4-5-6-7-15-25-16-17-26(23(25)27)20-11-13-22(14-12-20)31(28,29)30-21-10-8-9-19(24)18-21/h8-14,18H,2-7,15-17H2,1H3. The lowest BCUT2D eigenvalue weighted by Gasteiger charge is -2.19. The predicted molar refractivity (Wildman–Crippen MR) is 123 cm³/mol. The molecule has 0 unspecified atom stereocenters. The summed E-state index contributed by atoms with van der Waals surface area (Å²) in [4.78, 5) is 16.3. The molecule has 0 aliphatic carbocycles. The van der Waals surface area contributed by atoms with Crippen LogP contribution >= 0.6 is 11.6 Å². The van der Waals surface area contributed by atoms with E-state index in [2.05, 4.69) is 6.92 Å². The van der Waals surface area contributed by atoms with Crippen LogP contribution in [0.3, 0.4) is 0 Å². The minimum Gasteiger partial charge on any atom is -0.379 e. The Hall–Kier alpha value is -2.25. The van der Waals surface area contributed by atoms with Gasteiger partial charge in [0.1, 0.15) is 10.6 Å². The van der Waals surface area contributed by atoms with Crippen LogP contribution in [-0.2, 0) is 10.1 Å². The number of benzene rings is 2. The number of hydrogen-bond acceptors (Lipinski definition) is 4. The van der Waals surface area contributed by atoms with Crippen LogP contribution < -0.4 is 9.08 Å². The average Bonchev–Trinajstić information content (AvgIpc) is 3.11. The maximum atomic E-state index is 12.7. The molecule has 2 aromatic rings. The van der Waals surface area contributed by atoms with E-state index in [1.165, 1.54) is 49.9 Å². The Bertz CT molecular complexity index is 979. The number of hydrogen-bond donors (Lipinski definition) is 0. The van der Waals surface area contributed by atoms with Crippen molar-refractivity contribution in [3.63, 3.8) is 0 Å². The molecule has 0 aromatic heterocycles. The molecule has 2 amide bonds. The Labute approximate surface area is 189 Å². The second kappa shape index (κ2) is 10.9. The summed E-state index contributed by atoms with van der Waals surface area (Å²) in [5.74, 6) is 0.150. The van der Waals surface area contributed by atoms with Crippen LogP contribution in [0.15, 0.2) is 53.4 Å². The van der Waals surface area contributed by atoms with Gasteiger partial charge >= 0.3 is 16.1 Å². The molecule has 1 fully saturated rings. The lowest BCUT2D eigenvalue weighted by atomic mass is 10.1. The number of urea groups is 1. The van der Waals surface area contributed by atoms with Crippen LogP contribution in [0.25, 0.3) is 0 Å². The summed E-state index contributed by atoms with van der Waals surface area (Å²) < 4.78 is 30.2. The van der Waals surface area contributed by atoms with Gasteiger partial charge in [0.25, 0.3) is 0 Å². The van der Waals surface area contributed by atoms with E-state index >= 15 is 0 Å². The fraction of sp³-hybridized carbons (Fsp3) is 0.435. The third kappa shape index (κ3) is 6.37. The van der Waals surface area contributed by atoms with Gasteiger partial charge in [-0.25, -0.2) is 4.79 Å². The summed E-state index contributed by atoms with van der Waals surface area (Å²) in [5.41, 5.74) is 0.678. The molecule has 3 rings (SSSR count). The van der Waals surface area contributed by atoms with E-state index in [1.54, 1.807) is 29.2 Å². The van der Waals surface area contributed by atoms with E-state index in [-0.39, 0.29) is 16.7 Å². The minimum absolute atomic E-state index is 0.0202. The summed E-state index contributed by atoms with van der Waals surface area (Å²) in [6, 6.07) is 12.4. The first-order valence-electron chi connectivity index (χ1n) is 10.8. The number of rotatable bonds is 11. The normalized spacial score (nSPS) is 14.3. The van der Waals surface area contributed by atoms with E-state index in [9.17, 15) is 13.2 Å². The van der Waals surface area contributed by atoms with Crippen molar-refractivity contribution in [3.8, 4) is 5.75 Å². The Balaban J connectivity index is 1.56. The second-order valence-corrected chi connectivity index (χ2v) is 9.66. The number of nitrogens with zero attached hydrogens (tertiary/aromatic N) is 2. The molecule has 8 heteroatoms. The number of halogens is 1. The Morgan fingerprint density at radius 2 is 1.68 bits per heavy atom. The van der Waals surface area contributed by atoms with Gasteiger partial charge in [-0.2, -0.15) is 8.42 Å². The first-order chi connectivity index (χ1) is 14.9. The van der Waals surface area contributed by atoms with Crippen molar-refractivity contribution in [1.29, 1.82) is 0 Å². The molecular weight excluding hydrogens is 436 g/mol. The fourth-order valence-corrected chi connectivity index (χ4v) is 4.70. The van der Waals surface area contributed by atoms with Crippen molar-refractivity contribution >= 4 is 33.4 Å². The zero-order chi connectivity index (χ0) is 22.3. The Morgan fingerprint density at radius 3 is 2.39 bits per heavy atom. The third-order valence-corrected chi connectivity index (χ3v) is 6.81. The SMILES string of the molecule is CCCCCCCCN1CCN(c2ccc(S(=O)(=O)Oc3cccc(Cl)c3)cc2)C1=O. The molecule has 168 valence electrons. The molecule has 0 N–H and O–H groups in total. The maximum absolute atomic E-state index is 12.7. The molecule has 1 heterocycles. The highest BCUT2D eigenvalue weighted by Crippen LogP contribution is 2.25. The van der Waals surface area contributed by atoms with Gasteiger partial charge < -0.3 is 9.08 Å². The molecule has 0 atom stereocenters. The maximum Gasteiger partial charge on any atom is 0.339 e. The monoisotopic (exact) mass is 464 g/mol. The zero-order valence-electron chi connectivity index (χ0n) is 17.8. The molecule has 2 aromatic carbocycles. The van der Waals surface area contributed by atoms with E-state index in [1.807, 2.05) is 4.90 Å². The summed E-state index contributed by atoms with van der Waals surface area (Å²) in [6.07, 6.45) is 7.13. The lowest BCUT2D eigenvalue weighted by molar-refractivity contribution is 0.219. The molecule has 0 saturated carbocycles. The predicted octanol–water partition coefficient (Wildman–Crippen LogP) is 5.71. The minimum atomic E-state index is -3.99. The van der Waals surface area contributed by atoms with Gasteiger partial charge in [-0.15, -0.1) is 0 Å². The van der Waals surface area contributed by atoms with Gasteiger partial charge in [-0.3, -0.25) is 4.90 Å². The molecule has 0 radical (unpaired) electrons. The number of unbranched alkanes of at least 4 members (excludes halogenated alkanes) is 5. The van der Waals surface area contributed by atoms with Crippen molar-refractivity contribution in [2.24, 2.45) is 0 Å². The van der Waals surface area contributed by atoms with E-state index < -0.39 is 10.1 Å². The van der Waals surface area contributed by atoms with Crippen LogP contribution in [0.2, 0.25) is 5.02 Å². The Kier molecular flexibility index (Phi) is 8.21. The van der Waals surface area contributed by atoms with Gasteiger partial charge in [0, 0.05) is 36.4 Å². The second-order valence-electron chi connectivity index (χ2n) is 7.68. The van der Waals surface area contributed by atoms with Gasteiger partial charge in [-0.05, 0) is 42.8 Å². The van der Waals surface area contributed by atoms with Crippen molar-refractivity contribution in [2.45, 2.75) is 50.3 Å². The largest absolute Gasteiger partial charge is 0.379 e. The van der Waals surface area contributed by atoms with Gasteiger partial charge in [-0.1, -0.05) is 56.7 Å². The van der Waals surface area contributed by atoms with Crippen molar-refractivity contribution < 1.29 is 17.4 Å². The summed E-state index contributed by atoms with van der Waals surface area (Å²) in [7, 11) is -3.99. The summed E-state index contributed by atoms with van der Waals surface area (Å²) >= 11 is 5.88. The molecule has 6 nitrogen and oxygen atoms in total. The number of carbonyl (C=O) groups is 1. The van der Waals surface area contributed by atoms with Crippen molar-refractivity contribution in [3.05, 3.63) is 53.6 Å². The zero-order valence-corrected chi connectivity index (χ0v) is 19.4. The van der Waals surface area contributed by atoms with E-state index in [0.29, 0.717) is 23.8 Å². The molecule has 0 bridgehead atoms. The van der Waals surface area contributed by atoms with Crippen LogP contribution in [0.5, 0.6) is 5.75 Å². The summed E-state index contributed by atoms with van der Waals surface area (Å²) in [5, 5.41) is 0.390. The van der Waals surface area contributed by atoms with Gasteiger partial charge in [0.15, 0.2) is 0 Å². The first-order valence-corrected chi connectivity index (χ1v) is 12.6. The number of anilines is 1. The van der Waals surface area contributed by atoms with Gasteiger partial charge in [0.2, 0.25) is 0 Å². The number of amides is 2. The smallest absolute Gasteiger partial charge is 0.339 e. The quantitative estimate of drug-likeness (QED) is 0.315. The molecule has 31 heavy (non-hydrogen) atoms. The molecular formula is C23H29ClN2O4S. The topological polar surface area (TPSA) is 66.9 Å². The van der Waals surface area contributed by atoms with E-state index in [4.69, 9.17) is 15.8 Å². The number of carbonyl (C=O) groups excluding carboxylic acids is 1. The van der Waals surface area contributed by atoms with Crippen molar-refractivity contribution in [2.75, 3.05) is 24.5 Å². The first kappa shape index (κ1) is 23.4. The lowest BCUT2D eigenvalue weighted by Crippen LogP contribution is -2.32.